The van der Waals surface area contributed by atoms with Gasteiger partial charge in [0.2, 0.25) is 11.8 Å². The molecule has 30 heavy (non-hydrogen) atoms. The van der Waals surface area contributed by atoms with E-state index in [1.165, 1.54) is 0 Å². The molecule has 0 bridgehead atoms. The molecular formula is C22H19ClN4O3. The smallest absolute Gasteiger partial charge is 0.244 e. The van der Waals surface area contributed by atoms with Crippen molar-refractivity contribution in [1.82, 2.24) is 10.2 Å². The van der Waals surface area contributed by atoms with Crippen LogP contribution in [0.3, 0.4) is 0 Å². The molecule has 7 nitrogen and oxygen atoms in total. The van der Waals surface area contributed by atoms with Gasteiger partial charge < -0.3 is 19.9 Å². The summed E-state index contributed by atoms with van der Waals surface area (Å²) in [5.41, 5.74) is 9.20. The summed E-state index contributed by atoms with van der Waals surface area (Å²) in [7, 11) is 1.58. The average Bonchev–Trinajstić information content (AvgIpc) is 3.17. The van der Waals surface area contributed by atoms with Crippen LogP contribution in [0.15, 0.2) is 53.9 Å². The summed E-state index contributed by atoms with van der Waals surface area (Å²) in [6.07, 6.45) is 0. The lowest BCUT2D eigenvalue weighted by Crippen LogP contribution is -2.21. The van der Waals surface area contributed by atoms with Crippen LogP contribution in [0.4, 0.5) is 0 Å². The van der Waals surface area contributed by atoms with E-state index in [2.05, 4.69) is 16.3 Å². The van der Waals surface area contributed by atoms with Crippen molar-refractivity contribution in [3.05, 3.63) is 70.1 Å². The van der Waals surface area contributed by atoms with Gasteiger partial charge in [0.25, 0.3) is 0 Å². The normalized spacial score (nSPS) is 15.2. The molecule has 0 radical (unpaired) electrons. The van der Waals surface area contributed by atoms with E-state index in [0.29, 0.717) is 40.3 Å². The predicted molar refractivity (Wildman–Crippen MR) is 112 cm³/mol. The fraction of sp³-hybridized carbons (Fsp3) is 0.182. The maximum absolute atomic E-state index is 9.81. The summed E-state index contributed by atoms with van der Waals surface area (Å²) in [5, 5.41) is 17.6. The maximum atomic E-state index is 9.81. The summed E-state index contributed by atoms with van der Waals surface area (Å²) in [6.45, 7) is 2.43. The van der Waals surface area contributed by atoms with Crippen LogP contribution in [0, 0.1) is 11.3 Å². The van der Waals surface area contributed by atoms with Gasteiger partial charge in [0.05, 0.1) is 30.9 Å². The highest BCUT2D eigenvalue weighted by atomic mass is 35.5. The number of hydrogen-bond acceptors (Lipinski definition) is 6. The Morgan fingerprint density at radius 3 is 2.77 bits per heavy atom. The molecule has 2 aromatic carbocycles. The minimum atomic E-state index is -0.529. The van der Waals surface area contributed by atoms with E-state index in [1.807, 2.05) is 43.3 Å². The number of rotatable bonds is 5. The molecule has 3 N–H and O–H groups in total. The van der Waals surface area contributed by atoms with Crippen molar-refractivity contribution in [2.45, 2.75) is 12.8 Å². The molecule has 1 aliphatic heterocycles. The molecule has 152 valence electrons. The molecule has 0 amide bonds. The molecule has 0 fully saturated rings. The maximum Gasteiger partial charge on any atom is 0.244 e. The molecule has 4 rings (SSSR count). The second kappa shape index (κ2) is 8.01. The van der Waals surface area contributed by atoms with E-state index in [1.54, 1.807) is 13.2 Å². The zero-order chi connectivity index (χ0) is 21.3. The third-order valence-corrected chi connectivity index (χ3v) is 5.25. The molecule has 0 aliphatic carbocycles. The number of halogens is 1. The first-order chi connectivity index (χ1) is 14.6. The highest BCUT2D eigenvalue weighted by molar-refractivity contribution is 6.31. The minimum absolute atomic E-state index is 0.0113. The minimum Gasteiger partial charge on any atom is -0.493 e. The van der Waals surface area contributed by atoms with Crippen molar-refractivity contribution in [3.63, 3.8) is 0 Å². The molecule has 3 aromatic rings. The quantitative estimate of drug-likeness (QED) is 0.632. The van der Waals surface area contributed by atoms with Crippen molar-refractivity contribution in [2.24, 2.45) is 5.73 Å². The lowest BCUT2D eigenvalue weighted by atomic mass is 9.83. The summed E-state index contributed by atoms with van der Waals surface area (Å²) in [4.78, 5) is 0. The van der Waals surface area contributed by atoms with Crippen molar-refractivity contribution in [3.8, 4) is 34.7 Å². The number of methoxy groups -OCH3 is 1. The number of ether oxygens (including phenoxy) is 3. The van der Waals surface area contributed by atoms with Crippen LogP contribution in [0.25, 0.3) is 11.3 Å². The van der Waals surface area contributed by atoms with E-state index in [4.69, 9.17) is 31.5 Å². The van der Waals surface area contributed by atoms with E-state index in [0.717, 1.165) is 11.1 Å². The lowest BCUT2D eigenvalue weighted by molar-refractivity contribution is 0.311. The summed E-state index contributed by atoms with van der Waals surface area (Å²) >= 11 is 6.48. The Morgan fingerprint density at radius 2 is 2.07 bits per heavy atom. The first-order valence-electron chi connectivity index (χ1n) is 9.30. The molecule has 0 saturated carbocycles. The molecule has 1 aliphatic rings. The number of hydrogen-bond donors (Lipinski definition) is 2. The fourth-order valence-electron chi connectivity index (χ4n) is 3.58. The van der Waals surface area contributed by atoms with Gasteiger partial charge in [0.1, 0.15) is 11.6 Å². The number of H-pyrrole nitrogens is 1. The van der Waals surface area contributed by atoms with E-state index >= 15 is 0 Å². The number of aromatic nitrogens is 2. The molecule has 1 aromatic heterocycles. The third-order valence-electron chi connectivity index (χ3n) is 4.91. The van der Waals surface area contributed by atoms with Crippen LogP contribution in [-0.2, 0) is 0 Å². The number of allylic oxidation sites excluding steroid dienone is 1. The first-order valence-corrected chi connectivity index (χ1v) is 9.68. The number of nitrogens with one attached hydrogen (secondary N) is 1. The van der Waals surface area contributed by atoms with Crippen LogP contribution < -0.4 is 19.9 Å². The van der Waals surface area contributed by atoms with Gasteiger partial charge in [-0.05, 0) is 36.8 Å². The lowest BCUT2D eigenvalue weighted by Gasteiger charge is -2.24. The highest BCUT2D eigenvalue weighted by Gasteiger charge is 2.36. The van der Waals surface area contributed by atoms with Gasteiger partial charge in [-0.1, -0.05) is 29.8 Å². The Kier molecular flexibility index (Phi) is 5.25. The van der Waals surface area contributed by atoms with E-state index < -0.39 is 5.92 Å². The van der Waals surface area contributed by atoms with Crippen molar-refractivity contribution >= 4 is 11.6 Å². The number of aromatic amines is 1. The van der Waals surface area contributed by atoms with Gasteiger partial charge in [-0.3, -0.25) is 5.10 Å². The van der Waals surface area contributed by atoms with Crippen LogP contribution in [0.2, 0.25) is 5.02 Å². The Hall–Kier alpha value is -3.63. The topological polar surface area (TPSA) is 106 Å². The third kappa shape index (κ3) is 3.21. The van der Waals surface area contributed by atoms with Crippen molar-refractivity contribution in [2.75, 3.05) is 13.7 Å². The Balaban J connectivity index is 1.91. The second-order valence-corrected chi connectivity index (χ2v) is 6.97. The summed E-state index contributed by atoms with van der Waals surface area (Å²) < 4.78 is 16.7. The van der Waals surface area contributed by atoms with Crippen LogP contribution in [0.1, 0.15) is 24.0 Å². The van der Waals surface area contributed by atoms with Gasteiger partial charge in [-0.2, -0.15) is 5.26 Å². The van der Waals surface area contributed by atoms with Crippen LogP contribution in [0.5, 0.6) is 17.4 Å². The van der Waals surface area contributed by atoms with Crippen LogP contribution in [-0.4, -0.2) is 23.9 Å². The molecule has 8 heteroatoms. The zero-order valence-corrected chi connectivity index (χ0v) is 17.2. The van der Waals surface area contributed by atoms with Crippen LogP contribution >= 0.6 is 11.6 Å². The van der Waals surface area contributed by atoms with Gasteiger partial charge in [-0.15, -0.1) is 5.10 Å². The molecule has 0 saturated heterocycles. The van der Waals surface area contributed by atoms with E-state index in [9.17, 15) is 5.26 Å². The standard InChI is InChI=1S/C22H19ClN4O3/c1-3-29-16-9-8-12(10-17(16)28-2)20-19-18(13-6-4-5-7-15(13)23)14(11-24)21(25)30-22(19)27-26-20/h4-10,18H,3,25H2,1-2H3,(H,26,27). The predicted octanol–water partition coefficient (Wildman–Crippen LogP) is 4.36. The highest BCUT2D eigenvalue weighted by Crippen LogP contribution is 2.47. The Morgan fingerprint density at radius 1 is 1.27 bits per heavy atom. The number of nitrogens with two attached hydrogens (primary N) is 1. The fourth-order valence-corrected chi connectivity index (χ4v) is 3.83. The molecule has 2 heterocycles. The molecule has 1 unspecified atom stereocenters. The van der Waals surface area contributed by atoms with Crippen molar-refractivity contribution < 1.29 is 14.2 Å². The molecule has 0 spiro atoms. The second-order valence-electron chi connectivity index (χ2n) is 6.56. The summed E-state index contributed by atoms with van der Waals surface area (Å²) in [5.74, 6) is 1.01. The molecular weight excluding hydrogens is 404 g/mol. The van der Waals surface area contributed by atoms with Gasteiger partial charge >= 0.3 is 0 Å². The van der Waals surface area contributed by atoms with E-state index in [-0.39, 0.29) is 11.5 Å². The molecule has 1 atom stereocenters. The monoisotopic (exact) mass is 422 g/mol. The Bertz CT molecular complexity index is 1180. The van der Waals surface area contributed by atoms with Gasteiger partial charge in [0.15, 0.2) is 11.5 Å². The number of nitrogens with zero attached hydrogens (tertiary/aromatic N) is 2. The SMILES string of the molecule is CCOc1ccc(-c2[nH]nc3c2C(c2ccccc2Cl)C(C#N)=C(N)O3)cc1OC. The first kappa shape index (κ1) is 19.7. The Labute approximate surface area is 178 Å². The zero-order valence-electron chi connectivity index (χ0n) is 16.4. The number of nitriles is 1. The summed E-state index contributed by atoms with van der Waals surface area (Å²) in [6, 6.07) is 15.1. The number of fused-ring (bicyclic) bond motifs is 1. The van der Waals surface area contributed by atoms with Gasteiger partial charge in [-0.25, -0.2) is 0 Å². The number of benzene rings is 2. The van der Waals surface area contributed by atoms with Crippen molar-refractivity contribution in [1.29, 1.82) is 5.26 Å². The largest absolute Gasteiger partial charge is 0.493 e. The average molecular weight is 423 g/mol. The van der Waals surface area contributed by atoms with Gasteiger partial charge in [0, 0.05) is 10.6 Å².